The summed E-state index contributed by atoms with van der Waals surface area (Å²) < 4.78 is 0. The van der Waals surface area contributed by atoms with E-state index >= 15 is 0 Å². The fourth-order valence-electron chi connectivity index (χ4n) is 4.79. The molecule has 1 saturated heterocycles. The third-order valence-electron chi connectivity index (χ3n) is 6.30. The van der Waals surface area contributed by atoms with Crippen molar-refractivity contribution in [3.05, 3.63) is 98.2 Å². The lowest BCUT2D eigenvalue weighted by atomic mass is 9.86. The number of aryl methyl sites for hydroxylation is 2. The Morgan fingerprint density at radius 3 is 2.00 bits per heavy atom. The number of piperidine rings is 1. The van der Waals surface area contributed by atoms with Crippen molar-refractivity contribution in [2.45, 2.75) is 32.2 Å². The van der Waals surface area contributed by atoms with Crippen molar-refractivity contribution in [2.24, 2.45) is 0 Å². The predicted octanol–water partition coefficient (Wildman–Crippen LogP) is 5.64. The van der Waals surface area contributed by atoms with Gasteiger partial charge in [-0.25, -0.2) is 4.79 Å². The lowest BCUT2D eigenvalue weighted by Crippen LogP contribution is -2.30. The maximum Gasteiger partial charge on any atom is 0.345 e. The van der Waals surface area contributed by atoms with Gasteiger partial charge in [-0.05, 0) is 65.6 Å². The fourth-order valence-corrected chi connectivity index (χ4v) is 5.68. The molecular weight excluding hydrogens is 390 g/mol. The van der Waals surface area contributed by atoms with E-state index in [1.54, 1.807) is 11.6 Å². The third-order valence-corrected chi connectivity index (χ3v) is 7.36. The van der Waals surface area contributed by atoms with Crippen molar-refractivity contribution in [2.75, 3.05) is 13.1 Å². The summed E-state index contributed by atoms with van der Waals surface area (Å²) in [6.45, 7) is 2.88. The Kier molecular flexibility index (Phi) is 5.28. The molecule has 1 N–H and O–H groups in total. The molecule has 152 valence electrons. The number of carboxylic acids is 1. The minimum atomic E-state index is -0.831. The van der Waals surface area contributed by atoms with E-state index in [0.717, 1.165) is 50.2 Å². The molecule has 5 rings (SSSR count). The first-order chi connectivity index (χ1) is 14.7. The molecule has 1 aromatic heterocycles. The lowest BCUT2D eigenvalue weighted by Gasteiger charge is -2.30. The summed E-state index contributed by atoms with van der Waals surface area (Å²) in [6, 6.07) is 21.5. The van der Waals surface area contributed by atoms with Gasteiger partial charge >= 0.3 is 5.97 Å². The SMILES string of the molecule is O=C(O)c1ccc(CN2CCC(=C3c4ccccc4CCc4ccccc43)CC2)s1. The van der Waals surface area contributed by atoms with Crippen LogP contribution in [0.25, 0.3) is 5.57 Å². The second-order valence-electron chi connectivity index (χ2n) is 8.14. The molecule has 0 amide bonds. The van der Waals surface area contributed by atoms with Crippen molar-refractivity contribution in [1.29, 1.82) is 0 Å². The molecule has 2 aliphatic rings. The number of carboxylic acid groups (broad SMARTS) is 1. The lowest BCUT2D eigenvalue weighted by molar-refractivity contribution is 0.0702. The number of hydrogen-bond acceptors (Lipinski definition) is 3. The van der Waals surface area contributed by atoms with E-state index in [1.165, 1.54) is 39.2 Å². The summed E-state index contributed by atoms with van der Waals surface area (Å²) in [5.74, 6) is -0.831. The first-order valence-electron chi connectivity index (χ1n) is 10.6. The number of aromatic carboxylic acids is 1. The number of hydrogen-bond donors (Lipinski definition) is 1. The van der Waals surface area contributed by atoms with Gasteiger partial charge in [-0.1, -0.05) is 54.1 Å². The van der Waals surface area contributed by atoms with E-state index < -0.39 is 5.97 Å². The zero-order valence-corrected chi connectivity index (χ0v) is 17.8. The monoisotopic (exact) mass is 415 g/mol. The summed E-state index contributed by atoms with van der Waals surface area (Å²) in [4.78, 5) is 15.2. The molecule has 0 atom stereocenters. The molecule has 0 unspecified atom stereocenters. The molecule has 0 bridgehead atoms. The molecule has 2 aromatic carbocycles. The van der Waals surface area contributed by atoms with Crippen molar-refractivity contribution in [3.8, 4) is 0 Å². The summed E-state index contributed by atoms with van der Waals surface area (Å²) in [5, 5.41) is 9.16. The van der Waals surface area contributed by atoms with Gasteiger partial charge < -0.3 is 5.11 Å². The highest BCUT2D eigenvalue weighted by Gasteiger charge is 2.24. The van der Waals surface area contributed by atoms with E-state index in [4.69, 9.17) is 5.11 Å². The second kappa shape index (κ2) is 8.21. The molecule has 3 nitrogen and oxygen atoms in total. The number of benzene rings is 2. The van der Waals surface area contributed by atoms with Crippen molar-refractivity contribution in [1.82, 2.24) is 4.90 Å². The summed E-state index contributed by atoms with van der Waals surface area (Å²) >= 11 is 1.39. The van der Waals surface area contributed by atoms with Gasteiger partial charge in [0.15, 0.2) is 0 Å². The minimum Gasteiger partial charge on any atom is -0.477 e. The highest BCUT2D eigenvalue weighted by Crippen LogP contribution is 2.38. The standard InChI is InChI=1S/C26H25NO2S/c28-26(29)24-12-11-21(30-24)17-27-15-13-20(14-16-27)25-22-7-3-1-5-18(22)9-10-19-6-2-4-8-23(19)25/h1-8,11-12H,9-10,13-17H2,(H,28,29). The number of fused-ring (bicyclic) bond motifs is 2. The minimum absolute atomic E-state index is 0.427. The number of nitrogens with zero attached hydrogens (tertiary/aromatic N) is 1. The maximum atomic E-state index is 11.1. The van der Waals surface area contributed by atoms with Crippen LogP contribution in [0.2, 0.25) is 0 Å². The summed E-state index contributed by atoms with van der Waals surface area (Å²) in [5.41, 5.74) is 8.76. The van der Waals surface area contributed by atoms with Crippen LogP contribution in [0.5, 0.6) is 0 Å². The van der Waals surface area contributed by atoms with Gasteiger partial charge in [0.2, 0.25) is 0 Å². The Hall–Kier alpha value is -2.69. The molecule has 30 heavy (non-hydrogen) atoms. The molecule has 0 saturated carbocycles. The molecule has 4 heteroatoms. The zero-order valence-electron chi connectivity index (χ0n) is 16.9. The average molecular weight is 416 g/mol. The van der Waals surface area contributed by atoms with Crippen LogP contribution < -0.4 is 0 Å². The molecular formula is C26H25NO2S. The van der Waals surface area contributed by atoms with Crippen LogP contribution in [-0.2, 0) is 19.4 Å². The quantitative estimate of drug-likeness (QED) is 0.602. The van der Waals surface area contributed by atoms with Gasteiger partial charge in [0.1, 0.15) is 4.88 Å². The van der Waals surface area contributed by atoms with Gasteiger partial charge in [-0.3, -0.25) is 4.90 Å². The molecule has 3 aromatic rings. The van der Waals surface area contributed by atoms with Crippen LogP contribution in [0.1, 0.15) is 49.6 Å². The molecule has 1 aliphatic carbocycles. The molecule has 2 heterocycles. The Labute approximate surface area is 181 Å². The Morgan fingerprint density at radius 1 is 0.833 bits per heavy atom. The van der Waals surface area contributed by atoms with E-state index in [-0.39, 0.29) is 0 Å². The highest BCUT2D eigenvalue weighted by molar-refractivity contribution is 7.13. The predicted molar refractivity (Wildman–Crippen MR) is 122 cm³/mol. The van der Waals surface area contributed by atoms with Gasteiger partial charge in [0, 0.05) is 24.5 Å². The second-order valence-corrected chi connectivity index (χ2v) is 9.31. The van der Waals surface area contributed by atoms with E-state index in [2.05, 4.69) is 53.4 Å². The van der Waals surface area contributed by atoms with Crippen LogP contribution in [0, 0.1) is 0 Å². The van der Waals surface area contributed by atoms with Crippen molar-refractivity contribution >= 4 is 22.9 Å². The fraction of sp³-hybridized carbons (Fsp3) is 0.269. The van der Waals surface area contributed by atoms with Gasteiger partial charge in [0.25, 0.3) is 0 Å². The van der Waals surface area contributed by atoms with Crippen LogP contribution >= 0.6 is 11.3 Å². The van der Waals surface area contributed by atoms with Crippen LogP contribution in [-0.4, -0.2) is 29.1 Å². The topological polar surface area (TPSA) is 40.5 Å². The van der Waals surface area contributed by atoms with Crippen LogP contribution in [0.4, 0.5) is 0 Å². The van der Waals surface area contributed by atoms with Crippen molar-refractivity contribution < 1.29 is 9.90 Å². The Bertz CT molecular complexity index is 1070. The molecule has 0 radical (unpaired) electrons. The number of likely N-dealkylation sites (tertiary alicyclic amines) is 1. The first-order valence-corrected chi connectivity index (χ1v) is 11.4. The average Bonchev–Trinajstić information content (AvgIpc) is 3.17. The Balaban J connectivity index is 1.42. The van der Waals surface area contributed by atoms with Gasteiger partial charge in [-0.2, -0.15) is 0 Å². The van der Waals surface area contributed by atoms with Crippen LogP contribution in [0.15, 0.2) is 66.2 Å². The largest absolute Gasteiger partial charge is 0.477 e. The maximum absolute atomic E-state index is 11.1. The molecule has 1 fully saturated rings. The summed E-state index contributed by atoms with van der Waals surface area (Å²) in [7, 11) is 0. The van der Waals surface area contributed by atoms with E-state index in [9.17, 15) is 4.79 Å². The number of rotatable bonds is 3. The van der Waals surface area contributed by atoms with Crippen molar-refractivity contribution in [3.63, 3.8) is 0 Å². The summed E-state index contributed by atoms with van der Waals surface area (Å²) in [6.07, 6.45) is 4.32. The first kappa shape index (κ1) is 19.3. The number of carbonyl (C=O) groups is 1. The van der Waals surface area contributed by atoms with Gasteiger partial charge in [0.05, 0.1) is 0 Å². The normalized spacial score (nSPS) is 16.7. The molecule has 0 spiro atoms. The third kappa shape index (κ3) is 3.73. The van der Waals surface area contributed by atoms with E-state index in [1.807, 2.05) is 6.07 Å². The highest BCUT2D eigenvalue weighted by atomic mass is 32.1. The zero-order chi connectivity index (χ0) is 20.5. The smallest absolute Gasteiger partial charge is 0.345 e. The van der Waals surface area contributed by atoms with Crippen LogP contribution in [0.3, 0.4) is 0 Å². The van der Waals surface area contributed by atoms with Gasteiger partial charge in [-0.15, -0.1) is 11.3 Å². The molecule has 1 aliphatic heterocycles. The number of thiophene rings is 1. The van der Waals surface area contributed by atoms with E-state index in [0.29, 0.717) is 4.88 Å². The Morgan fingerprint density at radius 2 is 1.43 bits per heavy atom.